The normalized spacial score (nSPS) is 12.0. The Balaban J connectivity index is 1.34. The van der Waals surface area contributed by atoms with Crippen LogP contribution in [0.2, 0.25) is 0 Å². The van der Waals surface area contributed by atoms with E-state index in [9.17, 15) is 5.26 Å². The van der Waals surface area contributed by atoms with E-state index >= 15 is 0 Å². The minimum absolute atomic E-state index is 0.604. The fourth-order valence-electron chi connectivity index (χ4n) is 7.23. The summed E-state index contributed by atoms with van der Waals surface area (Å²) in [5, 5.41) is 15.7. The fraction of sp³-hybridized carbons (Fsp3) is 0.0227. The highest BCUT2D eigenvalue weighted by Crippen LogP contribution is 2.43. The number of allylic oxidation sites excluding steroid dienone is 1. The fourth-order valence-corrected chi connectivity index (χ4v) is 7.23. The molecular weight excluding hydrogens is 588 g/mol. The van der Waals surface area contributed by atoms with Crippen LogP contribution in [0.25, 0.3) is 89.3 Å². The third-order valence-electron chi connectivity index (χ3n) is 9.40. The van der Waals surface area contributed by atoms with Crippen molar-refractivity contribution >= 4 is 72.4 Å². The Morgan fingerprint density at radius 2 is 1.35 bits per heavy atom. The summed E-state index contributed by atoms with van der Waals surface area (Å²) in [6.45, 7) is 6.19. The van der Waals surface area contributed by atoms with E-state index in [0.29, 0.717) is 11.3 Å². The van der Waals surface area contributed by atoms with Gasteiger partial charge in [0.15, 0.2) is 0 Å². The first-order valence-electron chi connectivity index (χ1n) is 15.9. The Morgan fingerprint density at radius 3 is 2.06 bits per heavy atom. The number of hydrogen-bond donors (Lipinski definition) is 0. The van der Waals surface area contributed by atoms with Gasteiger partial charge in [0.05, 0.1) is 22.3 Å². The quantitative estimate of drug-likeness (QED) is 0.193. The number of rotatable bonds is 5. The molecule has 0 radical (unpaired) electrons. The zero-order valence-corrected chi connectivity index (χ0v) is 26.2. The maximum Gasteiger partial charge on any atom is 0.136 e. The lowest BCUT2D eigenvalue weighted by Gasteiger charge is -2.16. The monoisotopic (exact) mass is 616 g/mol. The van der Waals surface area contributed by atoms with E-state index in [0.717, 1.165) is 88.2 Å². The van der Waals surface area contributed by atoms with Crippen LogP contribution in [0.4, 0.5) is 0 Å². The molecule has 9 rings (SSSR count). The van der Waals surface area contributed by atoms with Gasteiger partial charge in [-0.2, -0.15) is 5.26 Å². The highest BCUT2D eigenvalue weighted by atomic mass is 16.3. The number of aromatic nitrogens is 1. The van der Waals surface area contributed by atoms with Crippen LogP contribution in [0, 0.1) is 11.3 Å². The number of nitriles is 1. The minimum atomic E-state index is 0.604. The number of hydrogen-bond acceptors (Lipinski definition) is 3. The molecule has 6 aromatic carbocycles. The molecule has 9 aromatic rings. The van der Waals surface area contributed by atoms with E-state index in [1.54, 1.807) is 6.08 Å². The van der Waals surface area contributed by atoms with Crippen molar-refractivity contribution in [1.82, 2.24) is 4.57 Å². The average Bonchev–Trinajstić information content (AvgIpc) is 3.80. The molecule has 0 N–H and O–H groups in total. The molecule has 4 nitrogen and oxygen atoms in total. The summed E-state index contributed by atoms with van der Waals surface area (Å²) in [6, 6.07) is 45.8. The van der Waals surface area contributed by atoms with Crippen molar-refractivity contribution in [1.29, 1.82) is 5.26 Å². The first-order chi connectivity index (χ1) is 23.6. The van der Waals surface area contributed by atoms with Crippen molar-refractivity contribution in [2.24, 2.45) is 0 Å². The second-order valence-electron chi connectivity index (χ2n) is 12.1. The highest BCUT2D eigenvalue weighted by molar-refractivity contribution is 6.22. The van der Waals surface area contributed by atoms with Gasteiger partial charge in [-0.3, -0.25) is 0 Å². The van der Waals surface area contributed by atoms with Gasteiger partial charge in [-0.1, -0.05) is 91.5 Å². The lowest BCUT2D eigenvalue weighted by Crippen LogP contribution is -2.00. The topological polar surface area (TPSA) is 55.0 Å². The predicted molar refractivity (Wildman–Crippen MR) is 198 cm³/mol. The standard InChI is InChI=1S/C44H28N2O2/c1-3-38-34(24-27(2)28-12-5-4-6-13-28)42-40(47-38)22-23-41-43(42)35-25-29(20-21-39(35)48-41)31-17-11-14-30(26-45)44(31)46-36-18-9-7-15-32(36)33-16-8-10-19-37(33)46/h3-25H,1H2,2H3/b27-24+. The molecule has 4 heteroatoms. The summed E-state index contributed by atoms with van der Waals surface area (Å²) in [7, 11) is 0. The first kappa shape index (κ1) is 27.7. The summed E-state index contributed by atoms with van der Waals surface area (Å²) in [6.07, 6.45) is 3.95. The predicted octanol–water partition coefficient (Wildman–Crippen LogP) is 12.2. The molecule has 0 unspecified atom stereocenters. The first-order valence-corrected chi connectivity index (χ1v) is 15.9. The molecule has 3 aromatic heterocycles. The molecule has 0 aliphatic rings. The second-order valence-corrected chi connectivity index (χ2v) is 12.1. The molecule has 3 heterocycles. The van der Waals surface area contributed by atoms with Crippen LogP contribution < -0.4 is 0 Å². The Hall–Kier alpha value is -6.57. The number of benzene rings is 6. The molecule has 226 valence electrons. The molecule has 0 bridgehead atoms. The smallest absolute Gasteiger partial charge is 0.136 e. The maximum atomic E-state index is 10.4. The van der Waals surface area contributed by atoms with Gasteiger partial charge < -0.3 is 13.4 Å². The average molecular weight is 617 g/mol. The summed E-state index contributed by atoms with van der Waals surface area (Å²) < 4.78 is 15.1. The van der Waals surface area contributed by atoms with E-state index in [1.165, 1.54) is 0 Å². The van der Waals surface area contributed by atoms with Gasteiger partial charge >= 0.3 is 0 Å². The van der Waals surface area contributed by atoms with Crippen LogP contribution in [0.15, 0.2) is 143 Å². The highest BCUT2D eigenvalue weighted by Gasteiger charge is 2.22. The van der Waals surface area contributed by atoms with E-state index in [-0.39, 0.29) is 0 Å². The lowest BCUT2D eigenvalue weighted by molar-refractivity contribution is 0.603. The molecule has 0 saturated heterocycles. The molecule has 0 amide bonds. The Bertz CT molecular complexity index is 2760. The molecular formula is C44H28N2O2. The van der Waals surface area contributed by atoms with Gasteiger partial charge in [-0.05, 0) is 78.2 Å². The third kappa shape index (κ3) is 4.08. The van der Waals surface area contributed by atoms with Gasteiger partial charge in [0.25, 0.3) is 0 Å². The number of fused-ring (bicyclic) bond motifs is 8. The summed E-state index contributed by atoms with van der Waals surface area (Å²) in [5.74, 6) is 0.716. The minimum Gasteiger partial charge on any atom is -0.456 e. The zero-order chi connectivity index (χ0) is 32.4. The van der Waals surface area contributed by atoms with Crippen molar-refractivity contribution in [3.8, 4) is 22.9 Å². The van der Waals surface area contributed by atoms with E-state index in [2.05, 4.69) is 109 Å². The number of para-hydroxylation sites is 3. The summed E-state index contributed by atoms with van der Waals surface area (Å²) in [5.41, 5.74) is 11.1. The van der Waals surface area contributed by atoms with Crippen LogP contribution in [0.1, 0.15) is 29.4 Å². The summed E-state index contributed by atoms with van der Waals surface area (Å²) in [4.78, 5) is 0. The zero-order valence-electron chi connectivity index (χ0n) is 26.2. The van der Waals surface area contributed by atoms with Crippen molar-refractivity contribution in [2.75, 3.05) is 0 Å². The third-order valence-corrected chi connectivity index (χ3v) is 9.40. The van der Waals surface area contributed by atoms with Crippen molar-refractivity contribution < 1.29 is 8.83 Å². The summed E-state index contributed by atoms with van der Waals surface area (Å²) >= 11 is 0. The molecule has 48 heavy (non-hydrogen) atoms. The Labute approximate surface area is 276 Å². The van der Waals surface area contributed by atoms with E-state index in [4.69, 9.17) is 8.83 Å². The van der Waals surface area contributed by atoms with E-state index in [1.807, 2.05) is 48.5 Å². The Kier molecular flexibility index (Phi) is 6.21. The van der Waals surface area contributed by atoms with E-state index < -0.39 is 0 Å². The molecule has 0 atom stereocenters. The van der Waals surface area contributed by atoms with Gasteiger partial charge in [-0.25, -0.2) is 0 Å². The van der Waals surface area contributed by atoms with Crippen molar-refractivity contribution in [2.45, 2.75) is 6.92 Å². The SMILES string of the molecule is C=Cc1oc2ccc3oc4ccc(-c5cccc(C#N)c5-n5c6ccccc6c6ccccc65)cc4c3c2c1/C=C(\C)c1ccccc1. The largest absolute Gasteiger partial charge is 0.456 e. The van der Waals surface area contributed by atoms with Gasteiger partial charge in [-0.15, -0.1) is 0 Å². The van der Waals surface area contributed by atoms with Crippen LogP contribution in [-0.2, 0) is 0 Å². The van der Waals surface area contributed by atoms with Crippen molar-refractivity contribution in [3.63, 3.8) is 0 Å². The molecule has 0 aliphatic carbocycles. The number of furan rings is 2. The van der Waals surface area contributed by atoms with Gasteiger partial charge in [0.1, 0.15) is 28.6 Å². The second kappa shape index (κ2) is 10.8. The van der Waals surface area contributed by atoms with Crippen LogP contribution >= 0.6 is 0 Å². The lowest BCUT2D eigenvalue weighted by atomic mass is 9.96. The maximum absolute atomic E-state index is 10.4. The van der Waals surface area contributed by atoms with Crippen LogP contribution in [0.3, 0.4) is 0 Å². The Morgan fingerprint density at radius 1 is 0.688 bits per heavy atom. The van der Waals surface area contributed by atoms with Crippen LogP contribution in [0.5, 0.6) is 0 Å². The molecule has 0 saturated carbocycles. The van der Waals surface area contributed by atoms with Gasteiger partial charge in [0, 0.05) is 38.1 Å². The molecule has 0 aliphatic heterocycles. The molecule has 0 fully saturated rings. The van der Waals surface area contributed by atoms with Crippen LogP contribution in [-0.4, -0.2) is 4.57 Å². The molecule has 0 spiro atoms. The number of nitrogens with zero attached hydrogens (tertiary/aromatic N) is 2. The van der Waals surface area contributed by atoms with Gasteiger partial charge in [0.2, 0.25) is 0 Å². The van der Waals surface area contributed by atoms with Crippen molar-refractivity contribution in [3.05, 3.63) is 156 Å².